The molecule has 1 aromatic rings. The van der Waals surface area contributed by atoms with E-state index in [0.717, 1.165) is 30.3 Å². The van der Waals surface area contributed by atoms with Gasteiger partial charge >= 0.3 is 0 Å². The Hall–Kier alpha value is -0.580. The molecule has 1 aromatic carbocycles. The zero-order chi connectivity index (χ0) is 13.2. The topological polar surface area (TPSA) is 41.1 Å². The largest absolute Gasteiger partial charge is 0.323 e. The molecule has 1 unspecified atom stereocenters. The molecule has 0 aromatic heterocycles. The van der Waals surface area contributed by atoms with Gasteiger partial charge in [0.15, 0.2) is 0 Å². The van der Waals surface area contributed by atoms with Crippen LogP contribution in [0.5, 0.6) is 0 Å². The summed E-state index contributed by atoms with van der Waals surface area (Å²) in [5.41, 5.74) is 0.223. The van der Waals surface area contributed by atoms with Crippen LogP contribution in [0.3, 0.4) is 0 Å². The summed E-state index contributed by atoms with van der Waals surface area (Å²) in [5, 5.41) is 6.82. The molecule has 5 heteroatoms. The Bertz CT molecular complexity index is 458. The third-order valence-electron chi connectivity index (χ3n) is 3.30. The summed E-state index contributed by atoms with van der Waals surface area (Å²) < 4.78 is 0.833. The molecule has 0 radical (unpaired) electrons. The van der Waals surface area contributed by atoms with Crippen LogP contribution in [0.25, 0.3) is 0 Å². The predicted molar refractivity (Wildman–Crippen MR) is 78.0 cm³/mol. The summed E-state index contributed by atoms with van der Waals surface area (Å²) in [6.45, 7) is 2.83. The number of carbonyl (C=O) groups is 1. The van der Waals surface area contributed by atoms with E-state index in [4.69, 9.17) is 11.6 Å². The minimum atomic E-state index is -0.486. The van der Waals surface area contributed by atoms with E-state index in [1.165, 1.54) is 0 Å². The van der Waals surface area contributed by atoms with Crippen LogP contribution in [0.15, 0.2) is 22.7 Å². The van der Waals surface area contributed by atoms with Crippen LogP contribution in [0.1, 0.15) is 26.2 Å². The second-order valence-electron chi connectivity index (χ2n) is 4.79. The summed E-state index contributed by atoms with van der Waals surface area (Å²) >= 11 is 9.34. The van der Waals surface area contributed by atoms with E-state index in [9.17, 15) is 4.79 Å². The van der Waals surface area contributed by atoms with Crippen molar-refractivity contribution in [3.8, 4) is 0 Å². The van der Waals surface area contributed by atoms with Gasteiger partial charge in [-0.1, -0.05) is 11.6 Å². The Kier molecular flexibility index (Phi) is 4.30. The van der Waals surface area contributed by atoms with E-state index in [2.05, 4.69) is 26.6 Å². The fourth-order valence-electron chi connectivity index (χ4n) is 2.10. The predicted octanol–water partition coefficient (Wildman–Crippen LogP) is 3.57. The van der Waals surface area contributed by atoms with E-state index in [0.29, 0.717) is 10.7 Å². The second kappa shape index (κ2) is 5.59. The van der Waals surface area contributed by atoms with E-state index in [1.807, 2.05) is 13.0 Å². The van der Waals surface area contributed by atoms with E-state index in [-0.39, 0.29) is 5.91 Å². The number of hydrogen-bond donors (Lipinski definition) is 2. The number of piperidine rings is 1. The molecule has 98 valence electrons. The number of halogens is 2. The Balaban J connectivity index is 2.13. The number of carbonyl (C=O) groups excluding carboxylic acids is 1. The Morgan fingerprint density at radius 1 is 1.50 bits per heavy atom. The van der Waals surface area contributed by atoms with E-state index in [1.54, 1.807) is 12.1 Å². The highest BCUT2D eigenvalue weighted by Crippen LogP contribution is 2.28. The highest BCUT2D eigenvalue weighted by Gasteiger charge is 2.34. The summed E-state index contributed by atoms with van der Waals surface area (Å²) in [4.78, 5) is 12.3. The molecule has 0 aliphatic carbocycles. The fraction of sp³-hybridized carbons (Fsp3) is 0.462. The number of amides is 1. The highest BCUT2D eigenvalue weighted by molar-refractivity contribution is 9.10. The molecule has 1 heterocycles. The van der Waals surface area contributed by atoms with Crippen molar-refractivity contribution in [3.05, 3.63) is 27.7 Å². The van der Waals surface area contributed by atoms with Crippen molar-refractivity contribution in [3.63, 3.8) is 0 Å². The van der Waals surface area contributed by atoms with Crippen molar-refractivity contribution in [2.75, 3.05) is 11.9 Å². The lowest BCUT2D eigenvalue weighted by Gasteiger charge is -2.33. The molecular formula is C13H16BrClN2O. The van der Waals surface area contributed by atoms with Gasteiger partial charge in [-0.3, -0.25) is 4.79 Å². The zero-order valence-electron chi connectivity index (χ0n) is 10.2. The van der Waals surface area contributed by atoms with Crippen molar-refractivity contribution in [1.29, 1.82) is 0 Å². The SMILES string of the molecule is CC1(C(=O)Nc2cc(Cl)ccc2Br)CCCCN1. The van der Waals surface area contributed by atoms with Crippen LogP contribution in [0, 0.1) is 0 Å². The molecule has 18 heavy (non-hydrogen) atoms. The smallest absolute Gasteiger partial charge is 0.244 e. The first-order valence-corrected chi connectivity index (χ1v) is 7.20. The molecule has 1 saturated heterocycles. The third kappa shape index (κ3) is 3.05. The van der Waals surface area contributed by atoms with Gasteiger partial charge in [-0.05, 0) is 66.9 Å². The van der Waals surface area contributed by atoms with Gasteiger partial charge < -0.3 is 10.6 Å². The Morgan fingerprint density at radius 2 is 2.28 bits per heavy atom. The van der Waals surface area contributed by atoms with E-state index >= 15 is 0 Å². The van der Waals surface area contributed by atoms with Gasteiger partial charge in [0.05, 0.1) is 11.2 Å². The molecule has 1 aliphatic heterocycles. The van der Waals surface area contributed by atoms with Crippen LogP contribution in [-0.4, -0.2) is 18.0 Å². The molecule has 2 rings (SSSR count). The van der Waals surface area contributed by atoms with Gasteiger partial charge in [-0.25, -0.2) is 0 Å². The third-order valence-corrected chi connectivity index (χ3v) is 4.22. The molecule has 3 nitrogen and oxygen atoms in total. The average Bonchev–Trinajstić information content (AvgIpc) is 2.35. The van der Waals surface area contributed by atoms with Crippen LogP contribution in [0.2, 0.25) is 5.02 Å². The van der Waals surface area contributed by atoms with Gasteiger partial charge in [-0.15, -0.1) is 0 Å². The first kappa shape index (κ1) is 13.8. The standard InChI is InChI=1S/C13H16BrClN2O/c1-13(6-2-3-7-16-13)12(18)17-11-8-9(15)4-5-10(11)14/h4-5,8,16H,2-3,6-7H2,1H3,(H,17,18). The van der Waals surface area contributed by atoms with Gasteiger partial charge in [0.25, 0.3) is 0 Å². The Morgan fingerprint density at radius 3 is 2.94 bits per heavy atom. The quantitative estimate of drug-likeness (QED) is 0.870. The number of benzene rings is 1. The minimum absolute atomic E-state index is 0.00910. The molecular weight excluding hydrogens is 316 g/mol. The molecule has 1 amide bonds. The van der Waals surface area contributed by atoms with Gasteiger partial charge in [0, 0.05) is 9.50 Å². The Labute approximate surface area is 120 Å². The first-order valence-electron chi connectivity index (χ1n) is 6.03. The lowest BCUT2D eigenvalue weighted by atomic mass is 9.90. The maximum absolute atomic E-state index is 12.3. The number of rotatable bonds is 2. The highest BCUT2D eigenvalue weighted by atomic mass is 79.9. The number of nitrogens with one attached hydrogen (secondary N) is 2. The lowest BCUT2D eigenvalue weighted by Crippen LogP contribution is -2.54. The van der Waals surface area contributed by atoms with Crippen LogP contribution >= 0.6 is 27.5 Å². The number of anilines is 1. The minimum Gasteiger partial charge on any atom is -0.323 e. The van der Waals surface area contributed by atoms with Gasteiger partial charge in [-0.2, -0.15) is 0 Å². The lowest BCUT2D eigenvalue weighted by molar-refractivity contribution is -0.122. The van der Waals surface area contributed by atoms with Crippen LogP contribution in [-0.2, 0) is 4.79 Å². The van der Waals surface area contributed by atoms with Gasteiger partial charge in [0.1, 0.15) is 0 Å². The van der Waals surface area contributed by atoms with Crippen molar-refractivity contribution in [2.45, 2.75) is 31.7 Å². The molecule has 1 aliphatic rings. The zero-order valence-corrected chi connectivity index (χ0v) is 12.6. The second-order valence-corrected chi connectivity index (χ2v) is 6.09. The van der Waals surface area contributed by atoms with Gasteiger partial charge in [0.2, 0.25) is 5.91 Å². The van der Waals surface area contributed by atoms with Crippen LogP contribution < -0.4 is 10.6 Å². The maximum atomic E-state index is 12.3. The normalized spacial score (nSPS) is 23.7. The van der Waals surface area contributed by atoms with Crippen molar-refractivity contribution in [2.24, 2.45) is 0 Å². The summed E-state index contributed by atoms with van der Waals surface area (Å²) in [6, 6.07) is 5.35. The fourth-order valence-corrected chi connectivity index (χ4v) is 2.62. The molecule has 1 fully saturated rings. The monoisotopic (exact) mass is 330 g/mol. The first-order chi connectivity index (χ1) is 8.51. The summed E-state index contributed by atoms with van der Waals surface area (Å²) in [7, 11) is 0. The van der Waals surface area contributed by atoms with E-state index < -0.39 is 5.54 Å². The summed E-state index contributed by atoms with van der Waals surface area (Å²) in [5.74, 6) is -0.00910. The maximum Gasteiger partial charge on any atom is 0.244 e. The molecule has 2 N–H and O–H groups in total. The van der Waals surface area contributed by atoms with Crippen molar-refractivity contribution < 1.29 is 4.79 Å². The summed E-state index contributed by atoms with van der Waals surface area (Å²) in [6.07, 6.45) is 3.06. The van der Waals surface area contributed by atoms with Crippen LogP contribution in [0.4, 0.5) is 5.69 Å². The van der Waals surface area contributed by atoms with Crippen molar-refractivity contribution in [1.82, 2.24) is 5.32 Å². The molecule has 0 saturated carbocycles. The number of hydrogen-bond acceptors (Lipinski definition) is 2. The molecule has 0 bridgehead atoms. The van der Waals surface area contributed by atoms with Crippen molar-refractivity contribution >= 4 is 39.1 Å². The average molecular weight is 332 g/mol. The molecule has 0 spiro atoms. The molecule has 1 atom stereocenters.